The second-order valence-electron chi connectivity index (χ2n) is 6.51. The van der Waals surface area contributed by atoms with Crippen molar-refractivity contribution in [1.29, 1.82) is 0 Å². The summed E-state index contributed by atoms with van der Waals surface area (Å²) >= 11 is 0. The molecule has 5 nitrogen and oxygen atoms in total. The van der Waals surface area contributed by atoms with Crippen LogP contribution in [0, 0.1) is 20.8 Å². The number of anilines is 1. The van der Waals surface area contributed by atoms with E-state index in [-0.39, 0.29) is 12.5 Å². The highest BCUT2D eigenvalue weighted by atomic mass is 19.3. The number of aryl methyl sites for hydroxylation is 3. The lowest BCUT2D eigenvalue weighted by molar-refractivity contribution is -0.135. The van der Waals surface area contributed by atoms with Gasteiger partial charge in [-0.2, -0.15) is 0 Å². The summed E-state index contributed by atoms with van der Waals surface area (Å²) in [6.07, 6.45) is -0.534. The lowest BCUT2D eigenvalue weighted by Gasteiger charge is -2.21. The van der Waals surface area contributed by atoms with Crippen molar-refractivity contribution in [2.45, 2.75) is 39.2 Å². The summed E-state index contributed by atoms with van der Waals surface area (Å²) in [5.74, 6) is -3.73. The molecular formula is C17H23F2N3O2. The Morgan fingerprint density at radius 3 is 2.38 bits per heavy atom. The number of benzene rings is 1. The van der Waals surface area contributed by atoms with E-state index in [4.69, 9.17) is 0 Å². The molecule has 0 aromatic heterocycles. The predicted molar refractivity (Wildman–Crippen MR) is 88.3 cm³/mol. The van der Waals surface area contributed by atoms with Crippen LogP contribution >= 0.6 is 0 Å². The van der Waals surface area contributed by atoms with E-state index in [1.165, 1.54) is 11.9 Å². The van der Waals surface area contributed by atoms with Crippen LogP contribution in [0.15, 0.2) is 12.1 Å². The van der Waals surface area contributed by atoms with E-state index in [2.05, 4.69) is 10.6 Å². The van der Waals surface area contributed by atoms with Gasteiger partial charge >= 0.3 is 0 Å². The molecule has 24 heavy (non-hydrogen) atoms. The average molecular weight is 339 g/mol. The molecule has 1 aromatic carbocycles. The minimum Gasteiger partial charge on any atom is -0.335 e. The van der Waals surface area contributed by atoms with Crippen LogP contribution in [0.4, 0.5) is 14.5 Å². The highest BCUT2D eigenvalue weighted by Crippen LogP contribution is 2.26. The van der Waals surface area contributed by atoms with Crippen molar-refractivity contribution in [3.63, 3.8) is 0 Å². The lowest BCUT2D eigenvalue weighted by Crippen LogP contribution is -2.44. The van der Waals surface area contributed by atoms with Crippen molar-refractivity contribution in [2.24, 2.45) is 0 Å². The zero-order chi connectivity index (χ0) is 18.1. The van der Waals surface area contributed by atoms with Crippen LogP contribution < -0.4 is 10.6 Å². The fourth-order valence-electron chi connectivity index (χ4n) is 3.01. The molecule has 1 atom stereocenters. The van der Waals surface area contributed by atoms with Crippen LogP contribution in [0.1, 0.15) is 23.1 Å². The van der Waals surface area contributed by atoms with Crippen LogP contribution in [0.5, 0.6) is 0 Å². The van der Waals surface area contributed by atoms with E-state index < -0.39 is 30.8 Å². The van der Waals surface area contributed by atoms with Crippen molar-refractivity contribution in [1.82, 2.24) is 10.2 Å². The summed E-state index contributed by atoms with van der Waals surface area (Å²) < 4.78 is 26.4. The Morgan fingerprint density at radius 2 is 1.88 bits per heavy atom. The molecule has 2 rings (SSSR count). The zero-order valence-corrected chi connectivity index (χ0v) is 14.4. The molecule has 1 aliphatic heterocycles. The first-order valence-corrected chi connectivity index (χ1v) is 7.83. The molecule has 1 aromatic rings. The van der Waals surface area contributed by atoms with Gasteiger partial charge < -0.3 is 10.2 Å². The van der Waals surface area contributed by atoms with E-state index in [9.17, 15) is 18.4 Å². The third-order valence-electron chi connectivity index (χ3n) is 4.11. The SMILES string of the molecule is Cc1cc(C)c(NC(=O)CN(C)C(=O)C2CC(F)(F)CN2)c(C)c1. The largest absolute Gasteiger partial charge is 0.335 e. The number of carbonyl (C=O) groups is 2. The highest BCUT2D eigenvalue weighted by Gasteiger charge is 2.43. The molecule has 0 bridgehead atoms. The summed E-state index contributed by atoms with van der Waals surface area (Å²) in [5, 5.41) is 5.30. The Labute approximate surface area is 140 Å². The van der Waals surface area contributed by atoms with Crippen molar-refractivity contribution in [3.05, 3.63) is 28.8 Å². The van der Waals surface area contributed by atoms with Gasteiger partial charge in [0.25, 0.3) is 5.92 Å². The summed E-state index contributed by atoms with van der Waals surface area (Å²) in [5.41, 5.74) is 3.69. The molecule has 1 saturated heterocycles. The Bertz CT molecular complexity index is 638. The quantitative estimate of drug-likeness (QED) is 0.882. The van der Waals surface area contributed by atoms with E-state index in [1.54, 1.807) is 0 Å². The zero-order valence-electron chi connectivity index (χ0n) is 14.4. The first-order chi connectivity index (χ1) is 11.1. The molecule has 1 unspecified atom stereocenters. The summed E-state index contributed by atoms with van der Waals surface area (Å²) in [4.78, 5) is 25.5. The van der Waals surface area contributed by atoms with Crippen molar-refractivity contribution in [3.8, 4) is 0 Å². The summed E-state index contributed by atoms with van der Waals surface area (Å²) in [6.45, 7) is 5.08. The first kappa shape index (κ1) is 18.3. The fourth-order valence-corrected chi connectivity index (χ4v) is 3.01. The predicted octanol–water partition coefficient (Wildman–Crippen LogP) is 2.01. The van der Waals surface area contributed by atoms with Gasteiger partial charge in [0.2, 0.25) is 11.8 Å². The molecule has 132 valence electrons. The van der Waals surface area contributed by atoms with Crippen LogP contribution in [0.25, 0.3) is 0 Å². The third-order valence-corrected chi connectivity index (χ3v) is 4.11. The maximum Gasteiger partial charge on any atom is 0.262 e. The number of carbonyl (C=O) groups excluding carboxylic acids is 2. The monoisotopic (exact) mass is 339 g/mol. The molecule has 1 aliphatic rings. The van der Waals surface area contributed by atoms with Gasteiger partial charge in [0.1, 0.15) is 0 Å². The minimum absolute atomic E-state index is 0.185. The number of nitrogens with one attached hydrogen (secondary N) is 2. The number of likely N-dealkylation sites (N-methyl/N-ethyl adjacent to an activating group) is 1. The van der Waals surface area contributed by atoms with Crippen LogP contribution in [0.3, 0.4) is 0 Å². The average Bonchev–Trinajstić information content (AvgIpc) is 2.82. The number of rotatable bonds is 4. The van der Waals surface area contributed by atoms with Gasteiger partial charge in [0, 0.05) is 19.2 Å². The second kappa shape index (κ2) is 6.84. The Hall–Kier alpha value is -2.02. The van der Waals surface area contributed by atoms with Gasteiger partial charge in [-0.1, -0.05) is 17.7 Å². The van der Waals surface area contributed by atoms with Crippen LogP contribution in [-0.4, -0.2) is 48.8 Å². The number of hydrogen-bond acceptors (Lipinski definition) is 3. The van der Waals surface area contributed by atoms with Crippen molar-refractivity contribution in [2.75, 3.05) is 25.5 Å². The number of amides is 2. The third kappa shape index (κ3) is 4.29. The standard InChI is InChI=1S/C17H23F2N3O2/c1-10-5-11(2)15(12(3)6-10)21-14(23)8-22(4)16(24)13-7-17(18,19)9-20-13/h5-6,13,20H,7-9H2,1-4H3,(H,21,23). The number of alkyl halides is 2. The van der Waals surface area contributed by atoms with E-state index >= 15 is 0 Å². The van der Waals surface area contributed by atoms with E-state index in [0.717, 1.165) is 22.4 Å². The molecule has 1 fully saturated rings. The maximum atomic E-state index is 13.2. The van der Waals surface area contributed by atoms with Gasteiger partial charge in [-0.25, -0.2) is 8.78 Å². The van der Waals surface area contributed by atoms with Gasteiger partial charge in [0.05, 0.1) is 19.1 Å². The summed E-state index contributed by atoms with van der Waals surface area (Å²) in [7, 11) is 1.44. The lowest BCUT2D eigenvalue weighted by atomic mass is 10.1. The van der Waals surface area contributed by atoms with E-state index in [1.807, 2.05) is 32.9 Å². The molecular weight excluding hydrogens is 316 g/mol. The first-order valence-electron chi connectivity index (χ1n) is 7.83. The molecule has 0 spiro atoms. The fraction of sp³-hybridized carbons (Fsp3) is 0.529. The maximum absolute atomic E-state index is 13.2. The molecule has 0 aliphatic carbocycles. The topological polar surface area (TPSA) is 61.4 Å². The normalized spacial score (nSPS) is 19.2. The van der Waals surface area contributed by atoms with Crippen molar-refractivity contribution >= 4 is 17.5 Å². The minimum atomic E-state index is -2.88. The van der Waals surface area contributed by atoms with Crippen LogP contribution in [-0.2, 0) is 9.59 Å². The Kier molecular flexibility index (Phi) is 5.22. The molecule has 7 heteroatoms. The van der Waals surface area contributed by atoms with Gasteiger partial charge in [-0.3, -0.25) is 14.9 Å². The Morgan fingerprint density at radius 1 is 1.29 bits per heavy atom. The second-order valence-corrected chi connectivity index (χ2v) is 6.51. The molecule has 0 radical (unpaired) electrons. The number of nitrogens with zero attached hydrogens (tertiary/aromatic N) is 1. The van der Waals surface area contributed by atoms with Gasteiger partial charge in [0.15, 0.2) is 0 Å². The van der Waals surface area contributed by atoms with Crippen LogP contribution in [0.2, 0.25) is 0 Å². The molecule has 2 amide bonds. The van der Waals surface area contributed by atoms with Gasteiger partial charge in [-0.05, 0) is 31.9 Å². The van der Waals surface area contributed by atoms with E-state index in [0.29, 0.717) is 0 Å². The highest BCUT2D eigenvalue weighted by molar-refractivity contribution is 5.96. The number of halogens is 2. The van der Waals surface area contributed by atoms with Crippen molar-refractivity contribution < 1.29 is 18.4 Å². The molecule has 1 heterocycles. The number of hydrogen-bond donors (Lipinski definition) is 2. The molecule has 2 N–H and O–H groups in total. The smallest absolute Gasteiger partial charge is 0.262 e. The Balaban J connectivity index is 1.96. The molecule has 0 saturated carbocycles. The summed E-state index contributed by atoms with van der Waals surface area (Å²) in [6, 6.07) is 2.98. The van der Waals surface area contributed by atoms with Gasteiger partial charge in [-0.15, -0.1) is 0 Å².